The molecule has 0 radical (unpaired) electrons. The van der Waals surface area contributed by atoms with Gasteiger partial charge in [0, 0.05) is 37.3 Å². The molecule has 1 N–H and O–H groups in total. The minimum Gasteiger partial charge on any atom is -0.371 e. The van der Waals surface area contributed by atoms with Crippen LogP contribution in [0.2, 0.25) is 0 Å². The van der Waals surface area contributed by atoms with Crippen LogP contribution in [0.15, 0.2) is 36.5 Å². The van der Waals surface area contributed by atoms with E-state index in [2.05, 4.69) is 34.0 Å². The molecule has 2 heterocycles. The second-order valence-corrected chi connectivity index (χ2v) is 8.07. The monoisotopic (exact) mass is 387 g/mol. The number of para-hydroxylation sites is 1. The third kappa shape index (κ3) is 5.49. The van der Waals surface area contributed by atoms with E-state index >= 15 is 0 Å². The number of ether oxygens (including phenoxy) is 2. The van der Waals surface area contributed by atoms with Gasteiger partial charge in [-0.25, -0.2) is 0 Å². The van der Waals surface area contributed by atoms with E-state index in [9.17, 15) is 5.11 Å². The van der Waals surface area contributed by atoms with Gasteiger partial charge in [0.1, 0.15) is 6.10 Å². The van der Waals surface area contributed by atoms with Crippen LogP contribution in [0.3, 0.4) is 0 Å². The highest BCUT2D eigenvalue weighted by Crippen LogP contribution is 2.24. The highest BCUT2D eigenvalue weighted by molar-refractivity contribution is 5.78. The Hall–Kier alpha value is -1.57. The first-order valence-corrected chi connectivity index (χ1v) is 10.1. The maximum absolute atomic E-state index is 10.3. The molecule has 6 nitrogen and oxygen atoms in total. The Kier molecular flexibility index (Phi) is 7.37. The first-order valence-electron chi connectivity index (χ1n) is 10.1. The van der Waals surface area contributed by atoms with Gasteiger partial charge in [-0.3, -0.25) is 4.98 Å². The predicted octanol–water partition coefficient (Wildman–Crippen LogP) is 2.50. The second-order valence-electron chi connectivity index (χ2n) is 8.07. The van der Waals surface area contributed by atoms with Crippen LogP contribution in [0.1, 0.15) is 25.3 Å². The molecule has 1 saturated heterocycles. The molecule has 0 spiro atoms. The Morgan fingerprint density at radius 3 is 2.82 bits per heavy atom. The minimum absolute atomic E-state index is 0.0453. The average Bonchev–Trinajstić information content (AvgIpc) is 2.66. The maximum Gasteiger partial charge on any atom is 0.182 e. The fourth-order valence-corrected chi connectivity index (χ4v) is 3.88. The Bertz CT molecular complexity index is 755. The normalized spacial score (nSPS) is 25.7. The van der Waals surface area contributed by atoms with Gasteiger partial charge in [0.15, 0.2) is 6.29 Å². The largest absolute Gasteiger partial charge is 0.371 e. The summed E-state index contributed by atoms with van der Waals surface area (Å²) < 4.78 is 11.6. The first kappa shape index (κ1) is 21.1. The molecule has 0 aliphatic carbocycles. The lowest BCUT2D eigenvalue weighted by atomic mass is 9.99. The number of aliphatic hydroxyl groups is 1. The molecule has 1 aliphatic rings. The molecule has 0 bridgehead atoms. The van der Waals surface area contributed by atoms with E-state index in [4.69, 9.17) is 9.47 Å². The van der Waals surface area contributed by atoms with Crippen molar-refractivity contribution in [2.75, 3.05) is 34.3 Å². The zero-order valence-corrected chi connectivity index (χ0v) is 17.4. The Labute approximate surface area is 168 Å². The summed E-state index contributed by atoms with van der Waals surface area (Å²) in [5.41, 5.74) is 2.24. The molecule has 1 fully saturated rings. The molecule has 0 saturated carbocycles. The van der Waals surface area contributed by atoms with E-state index in [1.54, 1.807) is 0 Å². The number of benzene rings is 1. The lowest BCUT2D eigenvalue weighted by molar-refractivity contribution is -0.243. The molecule has 154 valence electrons. The quantitative estimate of drug-likeness (QED) is 0.703. The number of aliphatic hydroxyl groups excluding tert-OH is 1. The van der Waals surface area contributed by atoms with Crippen LogP contribution in [0.4, 0.5) is 0 Å². The van der Waals surface area contributed by atoms with Crippen LogP contribution >= 0.6 is 0 Å². The number of aromatic nitrogens is 1. The summed E-state index contributed by atoms with van der Waals surface area (Å²) in [5.74, 6) is 0. The summed E-state index contributed by atoms with van der Waals surface area (Å²) in [6.07, 6.45) is 2.59. The van der Waals surface area contributed by atoms with Crippen molar-refractivity contribution in [3.63, 3.8) is 0 Å². The van der Waals surface area contributed by atoms with Gasteiger partial charge in [0.25, 0.3) is 0 Å². The van der Waals surface area contributed by atoms with Crippen molar-refractivity contribution in [2.45, 2.75) is 50.8 Å². The van der Waals surface area contributed by atoms with Gasteiger partial charge in [-0.2, -0.15) is 0 Å². The van der Waals surface area contributed by atoms with Gasteiger partial charge in [-0.15, -0.1) is 0 Å². The number of hydrogen-bond acceptors (Lipinski definition) is 6. The SMILES string of the molecule is C[C@@H]1C[C@H](N(C)C)[C@@H](OCCCN(C)Cc2cnc3ccccc3c2)C(O)O1. The zero-order chi connectivity index (χ0) is 20.1. The van der Waals surface area contributed by atoms with E-state index in [0.717, 1.165) is 31.4 Å². The lowest BCUT2D eigenvalue weighted by Gasteiger charge is -2.41. The van der Waals surface area contributed by atoms with Crippen molar-refractivity contribution in [2.24, 2.45) is 0 Å². The lowest BCUT2D eigenvalue weighted by Crippen LogP contribution is -2.54. The molecule has 0 amide bonds. The van der Waals surface area contributed by atoms with Crippen molar-refractivity contribution in [3.8, 4) is 0 Å². The number of rotatable bonds is 8. The predicted molar refractivity (Wildman–Crippen MR) is 111 cm³/mol. The van der Waals surface area contributed by atoms with Crippen LogP contribution in [-0.4, -0.2) is 78.7 Å². The first-order chi connectivity index (χ1) is 13.4. The van der Waals surface area contributed by atoms with E-state index < -0.39 is 6.29 Å². The Balaban J connectivity index is 1.44. The van der Waals surface area contributed by atoms with Gasteiger partial charge in [0.05, 0.1) is 11.6 Å². The molecule has 4 atom stereocenters. The van der Waals surface area contributed by atoms with E-state index in [0.29, 0.717) is 6.61 Å². The third-order valence-electron chi connectivity index (χ3n) is 5.36. The highest BCUT2D eigenvalue weighted by atomic mass is 16.6. The van der Waals surface area contributed by atoms with Crippen molar-refractivity contribution in [1.82, 2.24) is 14.8 Å². The molecule has 6 heteroatoms. The third-order valence-corrected chi connectivity index (χ3v) is 5.36. The Morgan fingerprint density at radius 2 is 2.04 bits per heavy atom. The van der Waals surface area contributed by atoms with Gasteiger partial charge < -0.3 is 24.4 Å². The molecule has 1 unspecified atom stereocenters. The fraction of sp³-hybridized carbons (Fsp3) is 0.591. The average molecular weight is 388 g/mol. The number of pyridine rings is 1. The molecular weight excluding hydrogens is 354 g/mol. The molecule has 1 aromatic carbocycles. The van der Waals surface area contributed by atoms with Gasteiger partial charge in [0.2, 0.25) is 0 Å². The standard InChI is InChI=1S/C22H33N3O3/c1-16-12-20(24(2)3)21(22(26)28-16)27-11-7-10-25(4)15-17-13-18-8-5-6-9-19(18)23-14-17/h5-6,8-9,13-14,16,20-22,26H,7,10-12,15H2,1-4H3/t16-,20+,21-,22?/m1/s1. The number of hydrogen-bond donors (Lipinski definition) is 1. The number of fused-ring (bicyclic) bond motifs is 1. The van der Waals surface area contributed by atoms with Crippen LogP contribution in [0.25, 0.3) is 10.9 Å². The Morgan fingerprint density at radius 1 is 1.25 bits per heavy atom. The van der Waals surface area contributed by atoms with Crippen LogP contribution in [-0.2, 0) is 16.0 Å². The van der Waals surface area contributed by atoms with E-state index in [1.807, 2.05) is 45.4 Å². The smallest absolute Gasteiger partial charge is 0.182 e. The fourth-order valence-electron chi connectivity index (χ4n) is 3.88. The number of nitrogens with zero attached hydrogens (tertiary/aromatic N) is 3. The summed E-state index contributed by atoms with van der Waals surface area (Å²) in [4.78, 5) is 8.92. The van der Waals surface area contributed by atoms with Crippen molar-refractivity contribution >= 4 is 10.9 Å². The van der Waals surface area contributed by atoms with Gasteiger partial charge in [-0.05, 0) is 58.6 Å². The molecule has 1 aromatic heterocycles. The molecular formula is C22H33N3O3. The summed E-state index contributed by atoms with van der Waals surface area (Å²) in [6, 6.07) is 10.6. The molecule has 1 aliphatic heterocycles. The van der Waals surface area contributed by atoms with Crippen molar-refractivity contribution < 1.29 is 14.6 Å². The van der Waals surface area contributed by atoms with E-state index in [1.165, 1.54) is 10.9 Å². The highest BCUT2D eigenvalue weighted by Gasteiger charge is 2.38. The minimum atomic E-state index is -0.863. The summed E-state index contributed by atoms with van der Waals surface area (Å²) in [6.45, 7) is 4.36. The van der Waals surface area contributed by atoms with Crippen molar-refractivity contribution in [1.29, 1.82) is 0 Å². The van der Waals surface area contributed by atoms with E-state index in [-0.39, 0.29) is 18.2 Å². The summed E-state index contributed by atoms with van der Waals surface area (Å²) in [5, 5.41) is 11.4. The van der Waals surface area contributed by atoms with Gasteiger partial charge in [-0.1, -0.05) is 18.2 Å². The molecule has 28 heavy (non-hydrogen) atoms. The van der Waals surface area contributed by atoms with Crippen LogP contribution < -0.4 is 0 Å². The summed E-state index contributed by atoms with van der Waals surface area (Å²) in [7, 11) is 6.16. The topological polar surface area (TPSA) is 58.1 Å². The second kappa shape index (κ2) is 9.76. The van der Waals surface area contributed by atoms with Crippen LogP contribution in [0.5, 0.6) is 0 Å². The van der Waals surface area contributed by atoms with Gasteiger partial charge >= 0.3 is 0 Å². The molecule has 3 rings (SSSR count). The van der Waals surface area contributed by atoms with Crippen LogP contribution in [0, 0.1) is 0 Å². The zero-order valence-electron chi connectivity index (χ0n) is 17.4. The van der Waals surface area contributed by atoms with Crippen molar-refractivity contribution in [3.05, 3.63) is 42.1 Å². The number of likely N-dealkylation sites (N-methyl/N-ethyl adjacent to an activating group) is 1. The maximum atomic E-state index is 10.3. The summed E-state index contributed by atoms with van der Waals surface area (Å²) >= 11 is 0. The molecule has 2 aromatic rings.